The summed E-state index contributed by atoms with van der Waals surface area (Å²) in [6.07, 6.45) is 0.558. The number of aliphatic hydroxyl groups excluding tert-OH is 1. The lowest BCUT2D eigenvalue weighted by Crippen LogP contribution is -2.20. The van der Waals surface area contributed by atoms with Gasteiger partial charge in [-0.15, -0.1) is 0 Å². The highest BCUT2D eigenvalue weighted by molar-refractivity contribution is 7.99. The van der Waals surface area contributed by atoms with Crippen LogP contribution < -0.4 is 10.5 Å². The minimum atomic E-state index is -0.449. The molecule has 5 heteroatoms. The van der Waals surface area contributed by atoms with E-state index in [0.29, 0.717) is 18.0 Å². The topological polar surface area (TPSA) is 64.7 Å². The number of aliphatic hydroxyl groups is 1. The van der Waals surface area contributed by atoms with Crippen LogP contribution in [0.15, 0.2) is 24.3 Å². The largest absolute Gasteiger partial charge is 0.491 e. The zero-order chi connectivity index (χ0) is 13.2. The molecule has 0 saturated heterocycles. The highest BCUT2D eigenvalue weighted by Gasteiger charge is 2.05. The van der Waals surface area contributed by atoms with E-state index in [0.717, 1.165) is 24.5 Å². The van der Waals surface area contributed by atoms with E-state index in [-0.39, 0.29) is 0 Å². The fourth-order valence-electron chi connectivity index (χ4n) is 1.33. The second kappa shape index (κ2) is 9.08. The minimum absolute atomic E-state index is 0.307. The highest BCUT2D eigenvalue weighted by atomic mass is 32.2. The Labute approximate surface area is 112 Å². The predicted octanol–water partition coefficient (Wildman–Crippen LogP) is 1.78. The predicted molar refractivity (Wildman–Crippen MR) is 76.2 cm³/mol. The molecule has 1 rings (SSSR count). The number of ether oxygens (including phenoxy) is 2. The van der Waals surface area contributed by atoms with E-state index in [1.54, 1.807) is 43.1 Å². The van der Waals surface area contributed by atoms with Crippen LogP contribution in [0.5, 0.6) is 5.75 Å². The van der Waals surface area contributed by atoms with Gasteiger partial charge in [0, 0.05) is 25.2 Å². The molecular weight excluding hydrogens is 250 g/mol. The van der Waals surface area contributed by atoms with Crippen LogP contribution in [0.3, 0.4) is 0 Å². The molecule has 0 heterocycles. The molecular formula is C13H21NO3S. The van der Waals surface area contributed by atoms with E-state index >= 15 is 0 Å². The first-order valence-electron chi connectivity index (χ1n) is 5.95. The third-order valence-corrected chi connectivity index (χ3v) is 3.47. The van der Waals surface area contributed by atoms with Gasteiger partial charge in [0.15, 0.2) is 0 Å². The molecule has 0 spiro atoms. The van der Waals surface area contributed by atoms with Crippen molar-refractivity contribution in [2.75, 3.05) is 37.6 Å². The Morgan fingerprint density at radius 3 is 2.72 bits per heavy atom. The van der Waals surface area contributed by atoms with Crippen molar-refractivity contribution in [1.29, 1.82) is 0 Å². The van der Waals surface area contributed by atoms with Gasteiger partial charge in [-0.3, -0.25) is 0 Å². The molecule has 0 aromatic heterocycles. The van der Waals surface area contributed by atoms with Gasteiger partial charge in [0.2, 0.25) is 0 Å². The summed E-state index contributed by atoms with van der Waals surface area (Å²) in [4.78, 5) is 0. The zero-order valence-corrected chi connectivity index (χ0v) is 11.5. The lowest BCUT2D eigenvalue weighted by atomic mass is 10.3. The number of nitrogen functional groups attached to an aromatic ring is 1. The summed E-state index contributed by atoms with van der Waals surface area (Å²) in [5.74, 6) is 2.40. The number of hydrogen-bond donors (Lipinski definition) is 2. The second-order valence-electron chi connectivity index (χ2n) is 3.96. The van der Waals surface area contributed by atoms with E-state index < -0.39 is 6.10 Å². The number of hydrogen-bond acceptors (Lipinski definition) is 5. The molecule has 102 valence electrons. The molecule has 0 radical (unpaired) electrons. The third kappa shape index (κ3) is 6.74. The van der Waals surface area contributed by atoms with Crippen molar-refractivity contribution in [3.63, 3.8) is 0 Å². The average molecular weight is 271 g/mol. The summed E-state index contributed by atoms with van der Waals surface area (Å²) < 4.78 is 10.4. The Bertz CT molecular complexity index is 319. The summed E-state index contributed by atoms with van der Waals surface area (Å²) in [6.45, 7) is 1.08. The van der Waals surface area contributed by atoms with Gasteiger partial charge in [-0.25, -0.2) is 0 Å². The fourth-order valence-corrected chi connectivity index (χ4v) is 2.19. The van der Waals surface area contributed by atoms with E-state index in [9.17, 15) is 5.11 Å². The molecule has 0 amide bonds. The first-order chi connectivity index (χ1) is 8.72. The van der Waals surface area contributed by atoms with Gasteiger partial charge < -0.3 is 20.3 Å². The summed E-state index contributed by atoms with van der Waals surface area (Å²) in [5.41, 5.74) is 6.27. The number of anilines is 1. The first-order valence-corrected chi connectivity index (χ1v) is 7.11. The number of nitrogens with two attached hydrogens (primary N) is 1. The Morgan fingerprint density at radius 1 is 1.33 bits per heavy atom. The van der Waals surface area contributed by atoms with E-state index in [2.05, 4.69) is 0 Å². The Hall–Kier alpha value is -0.910. The lowest BCUT2D eigenvalue weighted by molar-refractivity contribution is 0.126. The molecule has 1 atom stereocenters. The number of thioether (sulfide) groups is 1. The van der Waals surface area contributed by atoms with Crippen molar-refractivity contribution >= 4 is 17.4 Å². The maximum absolute atomic E-state index is 9.72. The Kier molecular flexibility index (Phi) is 7.64. The maximum Gasteiger partial charge on any atom is 0.119 e. The molecule has 0 aliphatic heterocycles. The number of rotatable bonds is 9. The fraction of sp³-hybridized carbons (Fsp3) is 0.538. The summed E-state index contributed by atoms with van der Waals surface area (Å²) >= 11 is 1.71. The molecule has 0 bridgehead atoms. The van der Waals surface area contributed by atoms with Crippen LogP contribution in [0, 0.1) is 0 Å². The molecule has 1 aromatic rings. The van der Waals surface area contributed by atoms with Crippen LogP contribution in [0.4, 0.5) is 5.69 Å². The molecule has 1 aromatic carbocycles. The van der Waals surface area contributed by atoms with Gasteiger partial charge >= 0.3 is 0 Å². The highest BCUT2D eigenvalue weighted by Crippen LogP contribution is 2.14. The maximum atomic E-state index is 9.72. The zero-order valence-electron chi connectivity index (χ0n) is 10.7. The van der Waals surface area contributed by atoms with Crippen LogP contribution in [0.2, 0.25) is 0 Å². The van der Waals surface area contributed by atoms with Gasteiger partial charge in [-0.1, -0.05) is 0 Å². The van der Waals surface area contributed by atoms with Gasteiger partial charge in [-0.05, 0) is 36.4 Å². The lowest BCUT2D eigenvalue weighted by Gasteiger charge is -2.12. The third-order valence-electron chi connectivity index (χ3n) is 2.27. The molecule has 0 aliphatic rings. The van der Waals surface area contributed by atoms with Crippen molar-refractivity contribution in [2.45, 2.75) is 12.5 Å². The van der Waals surface area contributed by atoms with Crippen LogP contribution >= 0.6 is 11.8 Å². The first kappa shape index (κ1) is 15.1. The second-order valence-corrected chi connectivity index (χ2v) is 5.10. The molecule has 1 unspecified atom stereocenters. The average Bonchev–Trinajstić information content (AvgIpc) is 2.38. The van der Waals surface area contributed by atoms with Crippen molar-refractivity contribution in [1.82, 2.24) is 0 Å². The quantitative estimate of drug-likeness (QED) is 0.529. The van der Waals surface area contributed by atoms with Crippen LogP contribution in [0.25, 0.3) is 0 Å². The summed E-state index contributed by atoms with van der Waals surface area (Å²) in [6, 6.07) is 7.16. The Balaban J connectivity index is 2.09. The number of benzene rings is 1. The monoisotopic (exact) mass is 271 g/mol. The van der Waals surface area contributed by atoms with Crippen LogP contribution in [-0.4, -0.2) is 43.0 Å². The van der Waals surface area contributed by atoms with E-state index in [1.807, 2.05) is 0 Å². The number of methoxy groups -OCH3 is 1. The van der Waals surface area contributed by atoms with Gasteiger partial charge in [0.25, 0.3) is 0 Å². The van der Waals surface area contributed by atoms with Crippen molar-refractivity contribution in [2.24, 2.45) is 0 Å². The van der Waals surface area contributed by atoms with E-state index in [1.165, 1.54) is 0 Å². The molecule has 4 nitrogen and oxygen atoms in total. The van der Waals surface area contributed by atoms with Crippen molar-refractivity contribution < 1.29 is 14.6 Å². The normalized spacial score (nSPS) is 12.3. The van der Waals surface area contributed by atoms with Crippen LogP contribution in [-0.2, 0) is 4.74 Å². The minimum Gasteiger partial charge on any atom is -0.491 e. The van der Waals surface area contributed by atoms with Crippen LogP contribution in [0.1, 0.15) is 6.42 Å². The van der Waals surface area contributed by atoms with Crippen molar-refractivity contribution in [3.05, 3.63) is 24.3 Å². The standard InChI is InChI=1S/C13H21NO3S/c1-16-7-2-8-18-10-12(15)9-17-13-5-3-11(14)4-6-13/h3-6,12,15H,2,7-10,14H2,1H3. The Morgan fingerprint density at radius 2 is 2.06 bits per heavy atom. The van der Waals surface area contributed by atoms with Gasteiger partial charge in [0.05, 0.1) is 6.10 Å². The molecule has 0 saturated carbocycles. The molecule has 0 aliphatic carbocycles. The summed E-state index contributed by atoms with van der Waals surface area (Å²) in [7, 11) is 1.69. The van der Waals surface area contributed by atoms with E-state index in [4.69, 9.17) is 15.2 Å². The molecule has 18 heavy (non-hydrogen) atoms. The summed E-state index contributed by atoms with van der Waals surface area (Å²) in [5, 5.41) is 9.72. The van der Waals surface area contributed by atoms with Gasteiger partial charge in [-0.2, -0.15) is 11.8 Å². The smallest absolute Gasteiger partial charge is 0.119 e. The van der Waals surface area contributed by atoms with Crippen molar-refractivity contribution in [3.8, 4) is 5.75 Å². The van der Waals surface area contributed by atoms with Gasteiger partial charge in [0.1, 0.15) is 12.4 Å². The molecule has 0 fully saturated rings. The SMILES string of the molecule is COCCCSCC(O)COc1ccc(N)cc1. The molecule has 3 N–H and O–H groups in total.